The minimum atomic E-state index is -0.441. The summed E-state index contributed by atoms with van der Waals surface area (Å²) in [5, 5.41) is 3.50. The van der Waals surface area contributed by atoms with Crippen LogP contribution in [0.4, 0.5) is 0 Å². The first-order valence-corrected chi connectivity index (χ1v) is 8.77. The van der Waals surface area contributed by atoms with Crippen molar-refractivity contribution in [3.05, 3.63) is 0 Å². The highest BCUT2D eigenvalue weighted by Gasteiger charge is 2.47. The van der Waals surface area contributed by atoms with Crippen LogP contribution in [0.3, 0.4) is 0 Å². The second kappa shape index (κ2) is 7.59. The van der Waals surface area contributed by atoms with Crippen molar-refractivity contribution in [3.8, 4) is 0 Å². The maximum absolute atomic E-state index is 12.5. The van der Waals surface area contributed by atoms with Crippen molar-refractivity contribution < 1.29 is 9.53 Å². The highest BCUT2D eigenvalue weighted by Crippen LogP contribution is 2.36. The van der Waals surface area contributed by atoms with Crippen molar-refractivity contribution in [1.82, 2.24) is 10.2 Å². The second-order valence-corrected chi connectivity index (χ2v) is 6.73. The number of carbonyl (C=O) groups is 1. The van der Waals surface area contributed by atoms with E-state index in [1.165, 1.54) is 25.7 Å². The molecule has 0 bridgehead atoms. The molecule has 2 saturated carbocycles. The fourth-order valence-corrected chi connectivity index (χ4v) is 4.03. The number of rotatable bonds is 7. The molecule has 4 nitrogen and oxygen atoms in total. The third kappa shape index (κ3) is 3.78. The van der Waals surface area contributed by atoms with E-state index in [9.17, 15) is 4.79 Å². The van der Waals surface area contributed by atoms with Gasteiger partial charge in [-0.2, -0.15) is 0 Å². The van der Waals surface area contributed by atoms with E-state index in [0.29, 0.717) is 12.6 Å². The van der Waals surface area contributed by atoms with Gasteiger partial charge in [-0.25, -0.2) is 0 Å². The van der Waals surface area contributed by atoms with Crippen molar-refractivity contribution in [3.63, 3.8) is 0 Å². The third-order valence-electron chi connectivity index (χ3n) is 5.34. The zero-order valence-corrected chi connectivity index (χ0v) is 14.0. The minimum absolute atomic E-state index is 0.0410. The van der Waals surface area contributed by atoms with Crippen LogP contribution in [0.5, 0.6) is 0 Å². The Morgan fingerprint density at radius 2 is 1.95 bits per heavy atom. The molecular weight excluding hydrogens is 264 g/mol. The van der Waals surface area contributed by atoms with Gasteiger partial charge in [-0.1, -0.05) is 19.8 Å². The summed E-state index contributed by atoms with van der Waals surface area (Å²) in [6.07, 6.45) is 9.32. The lowest BCUT2D eigenvalue weighted by molar-refractivity contribution is -0.151. The van der Waals surface area contributed by atoms with E-state index in [2.05, 4.69) is 24.2 Å². The molecule has 0 radical (unpaired) electrons. The molecule has 0 aromatic rings. The molecule has 1 N–H and O–H groups in total. The molecule has 0 heterocycles. The van der Waals surface area contributed by atoms with E-state index in [0.717, 1.165) is 38.3 Å². The topological polar surface area (TPSA) is 41.6 Å². The molecule has 2 rings (SSSR count). The van der Waals surface area contributed by atoms with Gasteiger partial charge in [0.1, 0.15) is 5.54 Å². The SMILES string of the molecule is CCCNC1(C(=O)OCC)CCC(N(C)C2CCCC2)C1. The quantitative estimate of drug-likeness (QED) is 0.734. The molecular formula is C17H32N2O2. The molecule has 0 aromatic carbocycles. The normalized spacial score (nSPS) is 30.2. The van der Waals surface area contributed by atoms with Crippen LogP contribution < -0.4 is 5.32 Å². The summed E-state index contributed by atoms with van der Waals surface area (Å²) in [5.74, 6) is -0.0410. The number of nitrogens with zero attached hydrogens (tertiary/aromatic N) is 1. The van der Waals surface area contributed by atoms with Crippen LogP contribution in [0.1, 0.15) is 65.2 Å². The highest BCUT2D eigenvalue weighted by molar-refractivity contribution is 5.81. The first-order valence-electron chi connectivity index (χ1n) is 8.77. The van der Waals surface area contributed by atoms with Gasteiger partial charge in [0.15, 0.2) is 0 Å². The molecule has 2 fully saturated rings. The zero-order chi connectivity index (χ0) is 15.3. The minimum Gasteiger partial charge on any atom is -0.465 e. The molecule has 21 heavy (non-hydrogen) atoms. The summed E-state index contributed by atoms with van der Waals surface area (Å²) >= 11 is 0. The van der Waals surface area contributed by atoms with Crippen molar-refractivity contribution >= 4 is 5.97 Å². The molecule has 0 aliphatic heterocycles. The first-order chi connectivity index (χ1) is 10.1. The maximum atomic E-state index is 12.5. The van der Waals surface area contributed by atoms with Gasteiger partial charge < -0.3 is 15.0 Å². The average Bonchev–Trinajstić information content (AvgIpc) is 3.15. The van der Waals surface area contributed by atoms with Gasteiger partial charge in [0.25, 0.3) is 0 Å². The Bertz CT molecular complexity index is 342. The Hall–Kier alpha value is -0.610. The Balaban J connectivity index is 2.00. The van der Waals surface area contributed by atoms with Gasteiger partial charge in [0, 0.05) is 12.1 Å². The van der Waals surface area contributed by atoms with Crippen LogP contribution in [0.15, 0.2) is 0 Å². The fourth-order valence-electron chi connectivity index (χ4n) is 4.03. The molecule has 2 atom stereocenters. The Morgan fingerprint density at radius 3 is 2.57 bits per heavy atom. The van der Waals surface area contributed by atoms with Gasteiger partial charge >= 0.3 is 5.97 Å². The van der Waals surface area contributed by atoms with Crippen LogP contribution in [-0.4, -0.2) is 48.7 Å². The molecule has 0 amide bonds. The number of hydrogen-bond donors (Lipinski definition) is 1. The highest BCUT2D eigenvalue weighted by atomic mass is 16.5. The van der Waals surface area contributed by atoms with Gasteiger partial charge in [-0.15, -0.1) is 0 Å². The lowest BCUT2D eigenvalue weighted by atomic mass is 9.96. The number of ether oxygens (including phenoxy) is 1. The maximum Gasteiger partial charge on any atom is 0.326 e. The molecule has 2 aliphatic rings. The van der Waals surface area contributed by atoms with Crippen LogP contribution in [0.25, 0.3) is 0 Å². The lowest BCUT2D eigenvalue weighted by Crippen LogP contribution is -2.52. The van der Waals surface area contributed by atoms with E-state index in [1.54, 1.807) is 0 Å². The number of esters is 1. The summed E-state index contributed by atoms with van der Waals surface area (Å²) in [4.78, 5) is 15.0. The average molecular weight is 296 g/mol. The zero-order valence-electron chi connectivity index (χ0n) is 14.0. The first kappa shape index (κ1) is 16.8. The van der Waals surface area contributed by atoms with Gasteiger partial charge in [-0.05, 0) is 59.0 Å². The smallest absolute Gasteiger partial charge is 0.326 e. The van der Waals surface area contributed by atoms with Crippen LogP contribution in [0.2, 0.25) is 0 Å². The predicted octanol–water partition coefficient (Wildman–Crippen LogP) is 2.71. The molecule has 0 aromatic heterocycles. The van der Waals surface area contributed by atoms with Crippen molar-refractivity contribution in [1.29, 1.82) is 0 Å². The summed E-state index contributed by atoms with van der Waals surface area (Å²) in [5.41, 5.74) is -0.441. The Kier molecular flexibility index (Phi) is 6.06. The molecule has 4 heteroatoms. The molecule has 122 valence electrons. The molecule has 0 saturated heterocycles. The third-order valence-corrected chi connectivity index (χ3v) is 5.34. The predicted molar refractivity (Wildman–Crippen MR) is 85.3 cm³/mol. The van der Waals surface area contributed by atoms with Crippen molar-refractivity contribution in [2.45, 2.75) is 82.8 Å². The van der Waals surface area contributed by atoms with Crippen LogP contribution in [-0.2, 0) is 9.53 Å². The Labute approximate surface area is 129 Å². The second-order valence-electron chi connectivity index (χ2n) is 6.73. The van der Waals surface area contributed by atoms with Gasteiger partial charge in [-0.3, -0.25) is 4.79 Å². The molecule has 2 aliphatic carbocycles. The van der Waals surface area contributed by atoms with Crippen LogP contribution >= 0.6 is 0 Å². The van der Waals surface area contributed by atoms with Crippen molar-refractivity contribution in [2.24, 2.45) is 0 Å². The molecule has 2 unspecified atom stereocenters. The lowest BCUT2D eigenvalue weighted by Gasteiger charge is -2.33. The molecule has 0 spiro atoms. The fraction of sp³-hybridized carbons (Fsp3) is 0.941. The van der Waals surface area contributed by atoms with Gasteiger partial charge in [0.05, 0.1) is 6.61 Å². The van der Waals surface area contributed by atoms with Gasteiger partial charge in [0.2, 0.25) is 0 Å². The number of nitrogens with one attached hydrogen (secondary N) is 1. The summed E-state index contributed by atoms with van der Waals surface area (Å²) in [7, 11) is 2.25. The van der Waals surface area contributed by atoms with E-state index in [4.69, 9.17) is 4.74 Å². The van der Waals surface area contributed by atoms with Crippen molar-refractivity contribution in [2.75, 3.05) is 20.2 Å². The van der Waals surface area contributed by atoms with Crippen LogP contribution in [0, 0.1) is 0 Å². The van der Waals surface area contributed by atoms with E-state index in [1.807, 2.05) is 6.92 Å². The monoisotopic (exact) mass is 296 g/mol. The standard InChI is InChI=1S/C17H32N2O2/c1-4-12-18-17(16(20)21-5-2)11-10-15(13-17)19(3)14-8-6-7-9-14/h14-15,18H,4-13H2,1-3H3. The largest absolute Gasteiger partial charge is 0.465 e. The van der Waals surface area contributed by atoms with E-state index < -0.39 is 5.54 Å². The number of hydrogen-bond acceptors (Lipinski definition) is 4. The van der Waals surface area contributed by atoms with E-state index >= 15 is 0 Å². The number of carbonyl (C=O) groups excluding carboxylic acids is 1. The summed E-state index contributed by atoms with van der Waals surface area (Å²) in [6, 6.07) is 1.24. The summed E-state index contributed by atoms with van der Waals surface area (Å²) < 4.78 is 5.36. The van der Waals surface area contributed by atoms with E-state index in [-0.39, 0.29) is 5.97 Å². The Morgan fingerprint density at radius 1 is 1.24 bits per heavy atom. The summed E-state index contributed by atoms with van der Waals surface area (Å²) in [6.45, 7) is 5.39.